The van der Waals surface area contributed by atoms with Crippen molar-refractivity contribution in [2.45, 2.75) is 37.7 Å². The van der Waals surface area contributed by atoms with Crippen molar-refractivity contribution in [3.05, 3.63) is 77.6 Å². The Bertz CT molecular complexity index is 976. The van der Waals surface area contributed by atoms with Crippen molar-refractivity contribution in [2.75, 3.05) is 0 Å². The van der Waals surface area contributed by atoms with E-state index in [9.17, 15) is 10.1 Å². The van der Waals surface area contributed by atoms with Gasteiger partial charge in [0.2, 0.25) is 0 Å². The van der Waals surface area contributed by atoms with E-state index >= 15 is 0 Å². The molecule has 4 nitrogen and oxygen atoms in total. The number of esters is 1. The first kappa shape index (κ1) is 16.4. The summed E-state index contributed by atoms with van der Waals surface area (Å²) >= 11 is 0. The van der Waals surface area contributed by atoms with Gasteiger partial charge in [0.15, 0.2) is 0 Å². The summed E-state index contributed by atoms with van der Waals surface area (Å²) in [5.41, 5.74) is 2.63. The number of nitrogens with zero attached hydrogens (tertiary/aromatic N) is 2. The van der Waals surface area contributed by atoms with Crippen LogP contribution in [-0.2, 0) is 21.6 Å². The highest BCUT2D eigenvalue weighted by atomic mass is 16.5. The van der Waals surface area contributed by atoms with Crippen LogP contribution >= 0.6 is 0 Å². The van der Waals surface area contributed by atoms with Gasteiger partial charge in [-0.05, 0) is 30.5 Å². The lowest BCUT2D eigenvalue weighted by molar-refractivity contribution is -0.152. The summed E-state index contributed by atoms with van der Waals surface area (Å²) < 4.78 is 7.63. The number of ether oxygens (including phenoxy) is 1. The first-order valence-electron chi connectivity index (χ1n) is 8.96. The molecule has 4 rings (SSSR count). The first-order valence-corrected chi connectivity index (χ1v) is 8.96. The van der Waals surface area contributed by atoms with Gasteiger partial charge in [0, 0.05) is 18.0 Å². The molecular weight excluding hydrogens is 324 g/mol. The standard InChI is InChI=1S/C22H20N2O2/c23-14-19-17(15-24-13-7-4-10-20(19)24)16-26-21(25)22(11-5-6-12-22)18-8-2-1-3-9-18/h1-4,7-10,13,15H,5-6,11-12,16H2. The van der Waals surface area contributed by atoms with E-state index in [4.69, 9.17) is 4.74 Å². The zero-order chi connectivity index (χ0) is 18.0. The lowest BCUT2D eigenvalue weighted by Gasteiger charge is -2.27. The van der Waals surface area contributed by atoms with Crippen LogP contribution in [0.25, 0.3) is 5.52 Å². The van der Waals surface area contributed by atoms with Crippen LogP contribution < -0.4 is 0 Å². The minimum atomic E-state index is -0.548. The Morgan fingerprint density at radius 2 is 1.85 bits per heavy atom. The summed E-state index contributed by atoms with van der Waals surface area (Å²) in [4.78, 5) is 13.0. The number of fused-ring (bicyclic) bond motifs is 1. The number of carbonyl (C=O) groups is 1. The summed E-state index contributed by atoms with van der Waals surface area (Å²) in [6.07, 6.45) is 7.46. The van der Waals surface area contributed by atoms with Crippen LogP contribution in [0, 0.1) is 11.3 Å². The Morgan fingerprint density at radius 3 is 2.58 bits per heavy atom. The predicted octanol–water partition coefficient (Wildman–Crippen LogP) is 4.37. The third-order valence-electron chi connectivity index (χ3n) is 5.41. The molecule has 0 saturated heterocycles. The highest BCUT2D eigenvalue weighted by molar-refractivity contribution is 5.83. The van der Waals surface area contributed by atoms with Gasteiger partial charge in [0.1, 0.15) is 12.7 Å². The molecule has 1 fully saturated rings. The number of hydrogen-bond acceptors (Lipinski definition) is 3. The number of hydrogen-bond donors (Lipinski definition) is 0. The monoisotopic (exact) mass is 344 g/mol. The molecule has 0 spiro atoms. The van der Waals surface area contributed by atoms with E-state index in [0.29, 0.717) is 5.56 Å². The zero-order valence-corrected chi connectivity index (χ0v) is 14.5. The molecule has 130 valence electrons. The summed E-state index contributed by atoms with van der Waals surface area (Å²) in [6.45, 7) is 0.123. The lowest BCUT2D eigenvalue weighted by Crippen LogP contribution is -2.34. The number of benzene rings is 1. The van der Waals surface area contributed by atoms with Crippen LogP contribution in [0.15, 0.2) is 60.9 Å². The quantitative estimate of drug-likeness (QED) is 0.661. The van der Waals surface area contributed by atoms with Crippen molar-refractivity contribution in [1.29, 1.82) is 5.26 Å². The second-order valence-electron chi connectivity index (χ2n) is 6.87. The van der Waals surface area contributed by atoms with Gasteiger partial charge in [-0.1, -0.05) is 49.2 Å². The molecule has 0 atom stereocenters. The van der Waals surface area contributed by atoms with Crippen molar-refractivity contribution in [3.8, 4) is 6.07 Å². The third-order valence-corrected chi connectivity index (χ3v) is 5.41. The molecule has 0 N–H and O–H groups in total. The first-order chi connectivity index (χ1) is 12.7. The Balaban J connectivity index is 1.60. The van der Waals surface area contributed by atoms with E-state index in [-0.39, 0.29) is 12.6 Å². The fourth-order valence-electron chi connectivity index (χ4n) is 4.04. The Hall–Kier alpha value is -3.06. The molecule has 1 saturated carbocycles. The topological polar surface area (TPSA) is 54.5 Å². The van der Waals surface area contributed by atoms with E-state index < -0.39 is 5.41 Å². The summed E-state index contributed by atoms with van der Waals surface area (Å²) in [5.74, 6) is -0.180. The second-order valence-corrected chi connectivity index (χ2v) is 6.87. The Morgan fingerprint density at radius 1 is 1.12 bits per heavy atom. The zero-order valence-electron chi connectivity index (χ0n) is 14.5. The fraction of sp³-hybridized carbons (Fsp3) is 0.273. The molecule has 2 heterocycles. The number of aromatic nitrogens is 1. The molecule has 1 aliphatic carbocycles. The molecule has 0 amide bonds. The summed E-state index contributed by atoms with van der Waals surface area (Å²) in [7, 11) is 0. The van der Waals surface area contributed by atoms with Crippen molar-refractivity contribution in [2.24, 2.45) is 0 Å². The average molecular weight is 344 g/mol. The predicted molar refractivity (Wildman–Crippen MR) is 98.5 cm³/mol. The van der Waals surface area contributed by atoms with Gasteiger partial charge in [-0.15, -0.1) is 0 Å². The van der Waals surface area contributed by atoms with Crippen molar-refractivity contribution >= 4 is 11.5 Å². The van der Waals surface area contributed by atoms with Crippen LogP contribution in [0.2, 0.25) is 0 Å². The lowest BCUT2D eigenvalue weighted by atomic mass is 9.79. The van der Waals surface area contributed by atoms with Gasteiger partial charge in [-0.25, -0.2) is 0 Å². The highest BCUT2D eigenvalue weighted by Gasteiger charge is 2.44. The van der Waals surface area contributed by atoms with Crippen LogP contribution in [-0.4, -0.2) is 10.4 Å². The number of nitriles is 1. The van der Waals surface area contributed by atoms with Crippen molar-refractivity contribution < 1.29 is 9.53 Å². The van der Waals surface area contributed by atoms with Gasteiger partial charge in [0.25, 0.3) is 0 Å². The molecular formula is C22H20N2O2. The minimum absolute atomic E-state index is 0.123. The van der Waals surface area contributed by atoms with Gasteiger partial charge in [-0.3, -0.25) is 4.79 Å². The van der Waals surface area contributed by atoms with Crippen LogP contribution in [0.4, 0.5) is 0 Å². The maximum Gasteiger partial charge on any atom is 0.316 e. The van der Waals surface area contributed by atoms with Crippen LogP contribution in [0.5, 0.6) is 0 Å². The summed E-state index contributed by atoms with van der Waals surface area (Å²) in [5, 5.41) is 9.51. The van der Waals surface area contributed by atoms with E-state index in [1.807, 2.05) is 65.3 Å². The van der Waals surface area contributed by atoms with Gasteiger partial charge in [-0.2, -0.15) is 5.26 Å². The molecule has 3 aromatic rings. The molecule has 0 aliphatic heterocycles. The number of pyridine rings is 1. The van der Waals surface area contributed by atoms with E-state index in [1.165, 1.54) is 0 Å². The molecule has 2 aromatic heterocycles. The summed E-state index contributed by atoms with van der Waals surface area (Å²) in [6, 6.07) is 17.9. The van der Waals surface area contributed by atoms with Gasteiger partial charge < -0.3 is 9.14 Å². The van der Waals surface area contributed by atoms with E-state index in [0.717, 1.165) is 42.3 Å². The highest BCUT2D eigenvalue weighted by Crippen LogP contribution is 2.42. The fourth-order valence-corrected chi connectivity index (χ4v) is 4.04. The minimum Gasteiger partial charge on any atom is -0.460 e. The van der Waals surface area contributed by atoms with Crippen molar-refractivity contribution in [1.82, 2.24) is 4.40 Å². The molecule has 0 unspecified atom stereocenters. The molecule has 0 radical (unpaired) electrons. The SMILES string of the molecule is N#Cc1c(COC(=O)C2(c3ccccc3)CCCC2)cn2ccccc12. The van der Waals surface area contributed by atoms with Crippen LogP contribution in [0.1, 0.15) is 42.4 Å². The molecule has 1 aliphatic rings. The second kappa shape index (κ2) is 6.68. The van der Waals surface area contributed by atoms with Gasteiger partial charge in [0.05, 0.1) is 16.5 Å². The van der Waals surface area contributed by atoms with E-state index in [1.54, 1.807) is 0 Å². The maximum atomic E-state index is 13.0. The number of rotatable bonds is 4. The third kappa shape index (κ3) is 2.66. The van der Waals surface area contributed by atoms with Gasteiger partial charge >= 0.3 is 5.97 Å². The van der Waals surface area contributed by atoms with Crippen molar-refractivity contribution in [3.63, 3.8) is 0 Å². The Kier molecular flexibility index (Phi) is 4.22. The largest absolute Gasteiger partial charge is 0.460 e. The maximum absolute atomic E-state index is 13.0. The molecule has 4 heteroatoms. The smallest absolute Gasteiger partial charge is 0.316 e. The van der Waals surface area contributed by atoms with E-state index in [2.05, 4.69) is 6.07 Å². The molecule has 26 heavy (non-hydrogen) atoms. The number of carbonyl (C=O) groups excluding carboxylic acids is 1. The molecule has 0 bridgehead atoms. The normalized spacial score (nSPS) is 15.7. The van der Waals surface area contributed by atoms with Crippen LogP contribution in [0.3, 0.4) is 0 Å². The molecule has 1 aromatic carbocycles. The Labute approximate surface area is 152 Å². The average Bonchev–Trinajstić information content (AvgIpc) is 3.32.